The molecular formula is C14H22N2O4. The number of ether oxygens (including phenoxy) is 1. The van der Waals surface area contributed by atoms with Crippen molar-refractivity contribution in [3.8, 4) is 6.07 Å². The highest BCUT2D eigenvalue weighted by molar-refractivity contribution is 5.85. The molecule has 1 rings (SSSR count). The molecule has 0 radical (unpaired) electrons. The molecule has 0 heterocycles. The number of carbonyl (C=O) groups excluding carboxylic acids is 1. The molecule has 112 valence electrons. The van der Waals surface area contributed by atoms with Gasteiger partial charge in [0.1, 0.15) is 0 Å². The zero-order chi connectivity index (χ0) is 15.0. The first-order valence-electron chi connectivity index (χ1n) is 6.99. The number of hydrogen-bond donors (Lipinski definition) is 1. The van der Waals surface area contributed by atoms with E-state index < -0.39 is 17.8 Å². The van der Waals surface area contributed by atoms with E-state index in [2.05, 4.69) is 0 Å². The third-order valence-corrected chi connectivity index (χ3v) is 3.77. The van der Waals surface area contributed by atoms with E-state index in [4.69, 9.17) is 10.00 Å². The van der Waals surface area contributed by atoms with Crippen LogP contribution in [0.25, 0.3) is 0 Å². The molecular weight excluding hydrogens is 260 g/mol. The predicted octanol–water partition coefficient (Wildman–Crippen LogP) is 1.27. The second-order valence-electron chi connectivity index (χ2n) is 5.06. The topological polar surface area (TPSA) is 90.6 Å². The fraction of sp³-hybridized carbons (Fsp3) is 0.786. The number of carboxylic acids is 1. The summed E-state index contributed by atoms with van der Waals surface area (Å²) in [5.41, 5.74) is 0. The minimum atomic E-state index is -0.893. The fourth-order valence-corrected chi connectivity index (χ4v) is 2.68. The Hall–Kier alpha value is -1.61. The van der Waals surface area contributed by atoms with Crippen molar-refractivity contribution in [3.05, 3.63) is 0 Å². The van der Waals surface area contributed by atoms with Gasteiger partial charge in [-0.1, -0.05) is 12.8 Å². The van der Waals surface area contributed by atoms with Crippen LogP contribution in [0.3, 0.4) is 0 Å². The van der Waals surface area contributed by atoms with Crippen molar-refractivity contribution in [3.63, 3.8) is 0 Å². The Bertz CT molecular complexity index is 378. The van der Waals surface area contributed by atoms with Crippen LogP contribution in [0.5, 0.6) is 0 Å². The van der Waals surface area contributed by atoms with E-state index in [1.165, 1.54) is 0 Å². The van der Waals surface area contributed by atoms with Crippen LogP contribution in [-0.2, 0) is 14.3 Å². The molecule has 0 bridgehead atoms. The lowest BCUT2D eigenvalue weighted by Gasteiger charge is -2.32. The van der Waals surface area contributed by atoms with E-state index >= 15 is 0 Å². The van der Waals surface area contributed by atoms with Crippen LogP contribution in [0, 0.1) is 23.2 Å². The summed E-state index contributed by atoms with van der Waals surface area (Å²) < 4.78 is 4.97. The van der Waals surface area contributed by atoms with Gasteiger partial charge in [0, 0.05) is 20.2 Å². The SMILES string of the molecule is COCCN(CCC#N)C(=O)C1CCCCC1C(=O)O. The number of aliphatic carboxylic acids is 1. The molecule has 0 aromatic heterocycles. The summed E-state index contributed by atoms with van der Waals surface area (Å²) in [4.78, 5) is 25.4. The molecule has 1 saturated carbocycles. The molecule has 0 aliphatic heterocycles. The number of hydrogen-bond acceptors (Lipinski definition) is 4. The summed E-state index contributed by atoms with van der Waals surface area (Å²) >= 11 is 0. The Morgan fingerprint density at radius 1 is 1.30 bits per heavy atom. The maximum atomic E-state index is 12.5. The molecule has 1 aliphatic rings. The second-order valence-corrected chi connectivity index (χ2v) is 5.06. The first-order chi connectivity index (χ1) is 9.61. The van der Waals surface area contributed by atoms with E-state index in [1.54, 1.807) is 12.0 Å². The van der Waals surface area contributed by atoms with Gasteiger partial charge in [-0.15, -0.1) is 0 Å². The molecule has 1 fully saturated rings. The molecule has 20 heavy (non-hydrogen) atoms. The molecule has 1 aliphatic carbocycles. The number of rotatable bonds is 7. The molecule has 0 saturated heterocycles. The summed E-state index contributed by atoms with van der Waals surface area (Å²) in [5, 5.41) is 17.9. The average Bonchev–Trinajstić information content (AvgIpc) is 2.46. The maximum Gasteiger partial charge on any atom is 0.307 e. The number of nitriles is 1. The Labute approximate surface area is 119 Å². The van der Waals surface area contributed by atoms with Crippen molar-refractivity contribution in [1.29, 1.82) is 5.26 Å². The smallest absolute Gasteiger partial charge is 0.307 e. The van der Waals surface area contributed by atoms with Crippen molar-refractivity contribution in [2.75, 3.05) is 26.8 Å². The lowest BCUT2D eigenvalue weighted by atomic mass is 9.78. The van der Waals surface area contributed by atoms with Crippen LogP contribution in [0.4, 0.5) is 0 Å². The highest BCUT2D eigenvalue weighted by Gasteiger charge is 2.37. The highest BCUT2D eigenvalue weighted by Crippen LogP contribution is 2.31. The summed E-state index contributed by atoms with van der Waals surface area (Å²) in [6.45, 7) is 1.13. The van der Waals surface area contributed by atoms with Gasteiger partial charge in [-0.05, 0) is 12.8 Å². The number of amides is 1. The average molecular weight is 282 g/mol. The molecule has 0 aromatic rings. The maximum absolute atomic E-state index is 12.5. The predicted molar refractivity (Wildman–Crippen MR) is 71.8 cm³/mol. The van der Waals surface area contributed by atoms with Crippen LogP contribution in [0.15, 0.2) is 0 Å². The van der Waals surface area contributed by atoms with Gasteiger partial charge in [0.15, 0.2) is 0 Å². The van der Waals surface area contributed by atoms with Crippen LogP contribution >= 0.6 is 0 Å². The Morgan fingerprint density at radius 3 is 2.50 bits per heavy atom. The summed E-state index contributed by atoms with van der Waals surface area (Å²) in [7, 11) is 1.55. The molecule has 6 nitrogen and oxygen atoms in total. The standard InChI is InChI=1S/C14H22N2O4/c1-20-10-9-16(8-4-7-15)13(17)11-5-2-3-6-12(11)14(18)19/h11-12H,2-6,8-10H2,1H3,(H,18,19). The first kappa shape index (κ1) is 16.4. The molecule has 0 spiro atoms. The number of carboxylic acid groups (broad SMARTS) is 1. The quantitative estimate of drug-likeness (QED) is 0.759. The second kappa shape index (κ2) is 8.54. The van der Waals surface area contributed by atoms with Crippen molar-refractivity contribution >= 4 is 11.9 Å². The van der Waals surface area contributed by atoms with Gasteiger partial charge in [-0.3, -0.25) is 9.59 Å². The normalized spacial score (nSPS) is 22.0. The first-order valence-corrected chi connectivity index (χ1v) is 6.99. The Morgan fingerprint density at radius 2 is 1.95 bits per heavy atom. The molecule has 1 amide bonds. The summed E-state index contributed by atoms with van der Waals surface area (Å²) in [5.74, 6) is -2.10. The summed E-state index contributed by atoms with van der Waals surface area (Å²) in [6.07, 6.45) is 3.17. The van der Waals surface area contributed by atoms with E-state index in [9.17, 15) is 14.7 Å². The third kappa shape index (κ3) is 4.49. The van der Waals surface area contributed by atoms with E-state index in [0.29, 0.717) is 32.5 Å². The number of carbonyl (C=O) groups is 2. The van der Waals surface area contributed by atoms with Gasteiger partial charge in [-0.2, -0.15) is 5.26 Å². The van der Waals surface area contributed by atoms with Crippen LogP contribution in [-0.4, -0.2) is 48.7 Å². The number of nitrogens with zero attached hydrogens (tertiary/aromatic N) is 2. The minimum Gasteiger partial charge on any atom is -0.481 e. The van der Waals surface area contributed by atoms with Crippen LogP contribution in [0.1, 0.15) is 32.1 Å². The van der Waals surface area contributed by atoms with Crippen molar-refractivity contribution in [2.24, 2.45) is 11.8 Å². The Kier molecular flexibility index (Phi) is 7.02. The van der Waals surface area contributed by atoms with E-state index in [1.807, 2.05) is 6.07 Å². The van der Waals surface area contributed by atoms with Crippen molar-refractivity contribution in [2.45, 2.75) is 32.1 Å². The molecule has 0 aromatic carbocycles. The zero-order valence-corrected chi connectivity index (χ0v) is 11.9. The lowest BCUT2D eigenvalue weighted by molar-refractivity contribution is -0.152. The Balaban J connectivity index is 2.74. The molecule has 1 N–H and O–H groups in total. The van der Waals surface area contributed by atoms with Gasteiger partial charge in [0.05, 0.1) is 30.9 Å². The monoisotopic (exact) mass is 282 g/mol. The number of methoxy groups -OCH3 is 1. The van der Waals surface area contributed by atoms with Crippen LogP contribution < -0.4 is 0 Å². The third-order valence-electron chi connectivity index (χ3n) is 3.77. The van der Waals surface area contributed by atoms with Gasteiger partial charge in [0.25, 0.3) is 0 Å². The molecule has 2 atom stereocenters. The molecule has 6 heteroatoms. The minimum absolute atomic E-state index is 0.149. The lowest BCUT2D eigenvalue weighted by Crippen LogP contribution is -2.44. The zero-order valence-electron chi connectivity index (χ0n) is 11.9. The van der Waals surface area contributed by atoms with Gasteiger partial charge in [-0.25, -0.2) is 0 Å². The van der Waals surface area contributed by atoms with Gasteiger partial charge in [0.2, 0.25) is 5.91 Å². The van der Waals surface area contributed by atoms with Gasteiger partial charge >= 0.3 is 5.97 Å². The van der Waals surface area contributed by atoms with Crippen molar-refractivity contribution in [1.82, 2.24) is 4.90 Å². The summed E-state index contributed by atoms with van der Waals surface area (Å²) in [6, 6.07) is 2.02. The highest BCUT2D eigenvalue weighted by atomic mass is 16.5. The largest absolute Gasteiger partial charge is 0.481 e. The fourth-order valence-electron chi connectivity index (χ4n) is 2.68. The van der Waals surface area contributed by atoms with Crippen LogP contribution in [0.2, 0.25) is 0 Å². The van der Waals surface area contributed by atoms with Gasteiger partial charge < -0.3 is 14.7 Å². The van der Waals surface area contributed by atoms with E-state index in [-0.39, 0.29) is 12.3 Å². The molecule has 2 unspecified atom stereocenters. The van der Waals surface area contributed by atoms with E-state index in [0.717, 1.165) is 12.8 Å². The van der Waals surface area contributed by atoms with Crippen molar-refractivity contribution < 1.29 is 19.4 Å².